The molecule has 1 N–H and O–H groups in total. The quantitative estimate of drug-likeness (QED) is 0.139. The number of piperidine rings is 2. The first-order chi connectivity index (χ1) is 22.4. The molecule has 4 rings (SSSR count). The van der Waals surface area contributed by atoms with E-state index < -0.39 is 47.9 Å². The number of carbonyl (C=O) groups is 1. The lowest BCUT2D eigenvalue weighted by atomic mass is 9.71. The molecule has 7 nitrogen and oxygen atoms in total. The predicted molar refractivity (Wildman–Crippen MR) is 175 cm³/mol. The van der Waals surface area contributed by atoms with Gasteiger partial charge in [-0.3, -0.25) is 9.69 Å². The van der Waals surface area contributed by atoms with Crippen LogP contribution >= 0.6 is 11.6 Å². The number of alkyl halides is 5. The highest BCUT2D eigenvalue weighted by Crippen LogP contribution is 2.46. The molecular formula is C35H45ClF5N3O4. The highest BCUT2D eigenvalue weighted by molar-refractivity contribution is 6.31. The van der Waals surface area contributed by atoms with Crippen LogP contribution in [0.3, 0.4) is 0 Å². The Balaban J connectivity index is 1.43. The molecule has 0 aromatic heterocycles. The van der Waals surface area contributed by atoms with Crippen LogP contribution in [0.25, 0.3) is 0 Å². The Labute approximate surface area is 284 Å². The Kier molecular flexibility index (Phi) is 11.8. The van der Waals surface area contributed by atoms with Gasteiger partial charge in [0.1, 0.15) is 12.0 Å². The Morgan fingerprint density at radius 2 is 1.75 bits per heavy atom. The number of rotatable bonds is 12. The van der Waals surface area contributed by atoms with Crippen molar-refractivity contribution in [1.29, 1.82) is 0 Å². The normalized spacial score (nSPS) is 19.6. The van der Waals surface area contributed by atoms with Crippen LogP contribution < -0.4 is 9.64 Å². The highest BCUT2D eigenvalue weighted by atomic mass is 35.5. The van der Waals surface area contributed by atoms with Gasteiger partial charge in [0.2, 0.25) is 5.60 Å². The third-order valence-corrected chi connectivity index (χ3v) is 9.91. The third-order valence-electron chi connectivity index (χ3n) is 9.58. The van der Waals surface area contributed by atoms with E-state index in [1.54, 1.807) is 19.0 Å². The first kappa shape index (κ1) is 37.9. The molecule has 0 radical (unpaired) electrons. The minimum absolute atomic E-state index is 0.128. The Morgan fingerprint density at radius 1 is 1.10 bits per heavy atom. The van der Waals surface area contributed by atoms with Gasteiger partial charge >= 0.3 is 6.36 Å². The van der Waals surface area contributed by atoms with Crippen molar-refractivity contribution >= 4 is 23.2 Å². The average Bonchev–Trinajstić information content (AvgIpc) is 3.00. The molecule has 2 aromatic rings. The molecule has 0 aliphatic carbocycles. The average molecular weight is 702 g/mol. The SMILES string of the molecule is C=CCO[C@@](C(=O)N1CCC(C)(CC2CCN(c3ccc(C(O)N(C)C)c(Cl)c3)CC2)CC1)(c1cccc(OC(F)(F)F)c1)C(C)(F)F. The third kappa shape index (κ3) is 8.61. The fourth-order valence-corrected chi connectivity index (χ4v) is 7.17. The summed E-state index contributed by atoms with van der Waals surface area (Å²) >= 11 is 6.50. The van der Waals surface area contributed by atoms with E-state index in [9.17, 15) is 23.1 Å². The number of hydrogen-bond acceptors (Lipinski definition) is 6. The van der Waals surface area contributed by atoms with E-state index in [1.165, 1.54) is 11.0 Å². The second-order valence-corrected chi connectivity index (χ2v) is 13.9. The number of nitrogens with zero attached hydrogens (tertiary/aromatic N) is 3. The van der Waals surface area contributed by atoms with E-state index in [1.807, 2.05) is 18.2 Å². The Hall–Kier alpha value is -2.93. The van der Waals surface area contributed by atoms with Crippen LogP contribution in [-0.2, 0) is 15.1 Å². The van der Waals surface area contributed by atoms with E-state index >= 15 is 8.78 Å². The number of halogens is 6. The number of carbonyl (C=O) groups excluding carboxylic acids is 1. The van der Waals surface area contributed by atoms with Crippen molar-refractivity contribution in [2.45, 2.75) is 70.1 Å². The summed E-state index contributed by atoms with van der Waals surface area (Å²) in [4.78, 5) is 19.3. The minimum atomic E-state index is -5.05. The molecule has 2 aromatic carbocycles. The van der Waals surface area contributed by atoms with Crippen molar-refractivity contribution < 1.29 is 41.3 Å². The maximum Gasteiger partial charge on any atom is 0.573 e. The minimum Gasteiger partial charge on any atom is -0.406 e. The molecule has 1 unspecified atom stereocenters. The molecule has 2 atom stereocenters. The Bertz CT molecular complexity index is 1420. The summed E-state index contributed by atoms with van der Waals surface area (Å²) in [5, 5.41) is 10.9. The van der Waals surface area contributed by atoms with Gasteiger partial charge in [-0.05, 0) is 81.8 Å². The molecule has 2 fully saturated rings. The number of benzene rings is 2. The summed E-state index contributed by atoms with van der Waals surface area (Å²) in [6.45, 7) is 7.83. The van der Waals surface area contributed by atoms with Gasteiger partial charge in [0.05, 0.1) is 6.61 Å². The van der Waals surface area contributed by atoms with Crippen LogP contribution in [0.1, 0.15) is 63.3 Å². The zero-order chi connectivity index (χ0) is 35.5. The molecule has 0 spiro atoms. The number of amides is 1. The van der Waals surface area contributed by atoms with Gasteiger partial charge in [-0.15, -0.1) is 19.8 Å². The lowest BCUT2D eigenvalue weighted by Gasteiger charge is -2.46. The molecule has 2 heterocycles. The second kappa shape index (κ2) is 14.9. The predicted octanol–water partition coefficient (Wildman–Crippen LogP) is 7.78. The van der Waals surface area contributed by atoms with Crippen LogP contribution in [0.5, 0.6) is 5.75 Å². The van der Waals surface area contributed by atoms with Crippen LogP contribution in [0.15, 0.2) is 55.1 Å². The summed E-state index contributed by atoms with van der Waals surface area (Å²) in [5.74, 6) is -5.12. The number of hydrogen-bond donors (Lipinski definition) is 1. The molecule has 0 saturated carbocycles. The first-order valence-electron chi connectivity index (χ1n) is 16.1. The summed E-state index contributed by atoms with van der Waals surface area (Å²) < 4.78 is 79.5. The number of aliphatic hydroxyl groups is 1. The maximum absolute atomic E-state index is 15.6. The van der Waals surface area contributed by atoms with Crippen molar-refractivity contribution in [3.63, 3.8) is 0 Å². The van der Waals surface area contributed by atoms with Crippen molar-refractivity contribution in [2.75, 3.05) is 51.8 Å². The van der Waals surface area contributed by atoms with Gasteiger partial charge in [0.25, 0.3) is 11.8 Å². The summed E-state index contributed by atoms with van der Waals surface area (Å²) in [6, 6.07) is 9.74. The van der Waals surface area contributed by atoms with Gasteiger partial charge in [-0.1, -0.05) is 42.8 Å². The Morgan fingerprint density at radius 3 is 2.29 bits per heavy atom. The van der Waals surface area contributed by atoms with Crippen LogP contribution in [0, 0.1) is 11.3 Å². The van der Waals surface area contributed by atoms with Gasteiger partial charge < -0.3 is 24.4 Å². The van der Waals surface area contributed by atoms with E-state index in [0.717, 1.165) is 62.3 Å². The topological polar surface area (TPSA) is 65.5 Å². The zero-order valence-electron chi connectivity index (χ0n) is 27.8. The molecule has 2 aliphatic rings. The lowest BCUT2D eigenvalue weighted by Crippen LogP contribution is -2.59. The smallest absolute Gasteiger partial charge is 0.406 e. The van der Waals surface area contributed by atoms with Gasteiger partial charge in [-0.25, -0.2) is 8.78 Å². The van der Waals surface area contributed by atoms with Crippen LogP contribution in [0.2, 0.25) is 5.02 Å². The fourth-order valence-electron chi connectivity index (χ4n) is 6.90. The summed E-state index contributed by atoms with van der Waals surface area (Å²) in [5.41, 5.74) is -1.81. The van der Waals surface area contributed by atoms with Crippen molar-refractivity contribution in [2.24, 2.45) is 11.3 Å². The molecule has 13 heteroatoms. The van der Waals surface area contributed by atoms with E-state index in [2.05, 4.69) is 23.1 Å². The van der Waals surface area contributed by atoms with E-state index in [0.29, 0.717) is 36.3 Å². The second-order valence-electron chi connectivity index (χ2n) is 13.5. The van der Waals surface area contributed by atoms with Crippen molar-refractivity contribution in [1.82, 2.24) is 9.80 Å². The van der Waals surface area contributed by atoms with Gasteiger partial charge in [-0.2, -0.15) is 0 Å². The monoisotopic (exact) mass is 701 g/mol. The molecule has 0 bridgehead atoms. The number of aliphatic hydroxyl groups excluding tert-OH is 1. The van der Waals surface area contributed by atoms with E-state index in [-0.39, 0.29) is 18.5 Å². The summed E-state index contributed by atoms with van der Waals surface area (Å²) in [6.07, 6.45) is -0.658. The maximum atomic E-state index is 15.6. The van der Waals surface area contributed by atoms with Crippen molar-refractivity contribution in [3.05, 3.63) is 71.3 Å². The van der Waals surface area contributed by atoms with Crippen LogP contribution in [0.4, 0.5) is 27.6 Å². The lowest BCUT2D eigenvalue weighted by molar-refractivity contribution is -0.274. The largest absolute Gasteiger partial charge is 0.573 e. The van der Waals surface area contributed by atoms with Gasteiger partial charge in [0, 0.05) is 54.9 Å². The first-order valence-corrected chi connectivity index (χ1v) is 16.4. The molecule has 266 valence electrons. The van der Waals surface area contributed by atoms with E-state index in [4.69, 9.17) is 16.3 Å². The van der Waals surface area contributed by atoms with Crippen LogP contribution in [-0.4, -0.2) is 80.0 Å². The summed E-state index contributed by atoms with van der Waals surface area (Å²) in [7, 11) is 3.55. The molecule has 2 saturated heterocycles. The molecular weight excluding hydrogens is 657 g/mol. The number of anilines is 1. The molecule has 2 aliphatic heterocycles. The highest BCUT2D eigenvalue weighted by Gasteiger charge is 2.60. The number of likely N-dealkylation sites (tertiary alicyclic amines) is 1. The zero-order valence-corrected chi connectivity index (χ0v) is 28.6. The number of ether oxygens (including phenoxy) is 2. The standard InChI is InChI=1S/C35H45ClF5N3O4/c1-6-20-47-34(33(3,37)38,25-8-7-9-27(21-25)48-35(39,40)41)31(46)44-18-14-32(2,15-19-44)23-24-12-16-43(17-13-24)26-10-11-28(29(36)22-26)30(45)42(4)5/h6-11,21-22,24,30,45H,1,12-20,23H2,2-5H3/t30?,34-/m1/s1. The fraction of sp³-hybridized carbons (Fsp3) is 0.571. The molecule has 48 heavy (non-hydrogen) atoms. The molecule has 1 amide bonds. The van der Waals surface area contributed by atoms with Crippen molar-refractivity contribution in [3.8, 4) is 5.75 Å². The van der Waals surface area contributed by atoms with Gasteiger partial charge in [0.15, 0.2) is 0 Å².